The molecule has 0 bridgehead atoms. The van der Waals surface area contributed by atoms with E-state index in [0.717, 1.165) is 56.6 Å². The smallest absolute Gasteiger partial charge is 0.335 e. The van der Waals surface area contributed by atoms with Crippen molar-refractivity contribution in [3.63, 3.8) is 0 Å². The van der Waals surface area contributed by atoms with Crippen LogP contribution in [0.15, 0.2) is 42.5 Å². The number of aryl methyl sites for hydroxylation is 2. The monoisotopic (exact) mass is 419 g/mol. The summed E-state index contributed by atoms with van der Waals surface area (Å²) < 4.78 is 0. The van der Waals surface area contributed by atoms with Crippen molar-refractivity contribution in [2.75, 3.05) is 39.8 Å². The van der Waals surface area contributed by atoms with E-state index < -0.39 is 5.97 Å². The van der Waals surface area contributed by atoms with Gasteiger partial charge in [-0.15, -0.1) is 0 Å². The number of aromatic carboxylic acids is 1. The van der Waals surface area contributed by atoms with Crippen molar-refractivity contribution < 1.29 is 9.90 Å². The van der Waals surface area contributed by atoms with Crippen LogP contribution in [0.4, 0.5) is 0 Å². The second-order valence-electron chi connectivity index (χ2n) is 8.95. The van der Waals surface area contributed by atoms with Gasteiger partial charge < -0.3 is 19.9 Å². The highest BCUT2D eigenvalue weighted by atomic mass is 16.4. The van der Waals surface area contributed by atoms with Crippen LogP contribution in [0.5, 0.6) is 0 Å². The van der Waals surface area contributed by atoms with Crippen molar-refractivity contribution in [2.24, 2.45) is 0 Å². The second kappa shape index (κ2) is 9.25. The first-order chi connectivity index (χ1) is 14.9. The Hall–Kier alpha value is -2.63. The topological polar surface area (TPSA) is 59.6 Å². The molecule has 0 spiro atoms. The Labute approximate surface area is 184 Å². The van der Waals surface area contributed by atoms with Crippen LogP contribution >= 0.6 is 0 Å². The molecule has 2 N–H and O–H groups in total. The number of carboxylic acids is 1. The predicted molar refractivity (Wildman–Crippen MR) is 126 cm³/mol. The normalized spacial score (nSPS) is 16.6. The largest absolute Gasteiger partial charge is 0.478 e. The molecule has 0 radical (unpaired) electrons. The molecule has 0 amide bonds. The third kappa shape index (κ3) is 4.83. The van der Waals surface area contributed by atoms with Crippen molar-refractivity contribution in [3.8, 4) is 0 Å². The molecule has 1 saturated heterocycles. The van der Waals surface area contributed by atoms with Crippen LogP contribution < -0.4 is 0 Å². The lowest BCUT2D eigenvalue weighted by molar-refractivity contribution is 0.0696. The molecule has 1 aromatic heterocycles. The van der Waals surface area contributed by atoms with Crippen LogP contribution in [0, 0.1) is 13.8 Å². The molecule has 4 rings (SSSR count). The molecule has 0 aliphatic carbocycles. The van der Waals surface area contributed by atoms with Crippen LogP contribution in [-0.4, -0.2) is 65.6 Å². The van der Waals surface area contributed by atoms with E-state index in [-0.39, 0.29) is 5.92 Å². The maximum Gasteiger partial charge on any atom is 0.335 e. The van der Waals surface area contributed by atoms with Gasteiger partial charge in [-0.1, -0.05) is 18.2 Å². The highest BCUT2D eigenvalue weighted by molar-refractivity contribution is 5.88. The Kier molecular flexibility index (Phi) is 6.44. The number of hydrogen-bond acceptors (Lipinski definition) is 3. The van der Waals surface area contributed by atoms with Crippen LogP contribution in [0.2, 0.25) is 0 Å². The molecule has 2 aromatic carbocycles. The summed E-state index contributed by atoms with van der Waals surface area (Å²) in [6, 6.07) is 14.1. The van der Waals surface area contributed by atoms with Gasteiger partial charge in [0.15, 0.2) is 0 Å². The fraction of sp³-hybridized carbons (Fsp3) is 0.423. The molecule has 5 nitrogen and oxygen atoms in total. The molecular weight excluding hydrogens is 386 g/mol. The summed E-state index contributed by atoms with van der Waals surface area (Å²) in [5.74, 6) is -0.684. The van der Waals surface area contributed by atoms with E-state index >= 15 is 0 Å². The van der Waals surface area contributed by atoms with Gasteiger partial charge in [0.2, 0.25) is 0 Å². The number of aromatic nitrogens is 1. The lowest BCUT2D eigenvalue weighted by Gasteiger charge is -2.32. The Morgan fingerprint density at radius 3 is 2.55 bits per heavy atom. The summed E-state index contributed by atoms with van der Waals surface area (Å²) in [5.41, 5.74) is 6.35. The zero-order valence-electron chi connectivity index (χ0n) is 18.8. The van der Waals surface area contributed by atoms with Crippen molar-refractivity contribution in [2.45, 2.75) is 32.6 Å². The van der Waals surface area contributed by atoms with Gasteiger partial charge in [-0.05, 0) is 81.2 Å². The Morgan fingerprint density at radius 2 is 1.81 bits per heavy atom. The number of H-pyrrole nitrogens is 1. The van der Waals surface area contributed by atoms with Crippen LogP contribution in [0.3, 0.4) is 0 Å². The highest BCUT2D eigenvalue weighted by Gasteiger charge is 2.19. The van der Waals surface area contributed by atoms with E-state index in [0.29, 0.717) is 5.56 Å². The number of fused-ring (bicyclic) bond motifs is 1. The summed E-state index contributed by atoms with van der Waals surface area (Å²) >= 11 is 0. The molecule has 5 heteroatoms. The number of nitrogens with one attached hydrogen (secondary N) is 1. The molecule has 31 heavy (non-hydrogen) atoms. The molecule has 1 fully saturated rings. The number of rotatable bonds is 7. The molecule has 164 valence electrons. The average Bonchev–Trinajstić information content (AvgIpc) is 3.06. The first-order valence-corrected chi connectivity index (χ1v) is 11.3. The quantitative estimate of drug-likeness (QED) is 0.586. The van der Waals surface area contributed by atoms with E-state index in [2.05, 4.69) is 59.9 Å². The predicted octanol–water partition coefficient (Wildman–Crippen LogP) is 4.64. The fourth-order valence-corrected chi connectivity index (χ4v) is 4.70. The SMILES string of the molecule is Cc1[nH]c2ccc(C(CCCN3CCN(C)CC3)c3cccc(C(=O)O)c3)cc2c1C. The lowest BCUT2D eigenvalue weighted by atomic mass is 9.86. The van der Waals surface area contributed by atoms with Crippen LogP contribution in [-0.2, 0) is 0 Å². The third-order valence-corrected chi connectivity index (χ3v) is 6.83. The molecule has 1 aliphatic heterocycles. The maximum absolute atomic E-state index is 11.6. The van der Waals surface area contributed by atoms with Gasteiger partial charge >= 0.3 is 5.97 Å². The third-order valence-electron chi connectivity index (χ3n) is 6.83. The Bertz CT molecular complexity index is 1060. The molecule has 1 aliphatic rings. The number of aromatic amines is 1. The lowest BCUT2D eigenvalue weighted by Crippen LogP contribution is -2.44. The number of carboxylic acid groups (broad SMARTS) is 1. The minimum Gasteiger partial charge on any atom is -0.478 e. The summed E-state index contributed by atoms with van der Waals surface area (Å²) in [6.45, 7) is 9.88. The van der Waals surface area contributed by atoms with Crippen LogP contribution in [0.25, 0.3) is 10.9 Å². The van der Waals surface area contributed by atoms with Crippen molar-refractivity contribution in [3.05, 3.63) is 70.4 Å². The zero-order chi connectivity index (χ0) is 22.0. The van der Waals surface area contributed by atoms with Gasteiger partial charge in [0.1, 0.15) is 0 Å². The van der Waals surface area contributed by atoms with E-state index in [9.17, 15) is 9.90 Å². The molecule has 3 aromatic rings. The first kappa shape index (κ1) is 21.6. The Balaban J connectivity index is 1.60. The van der Waals surface area contributed by atoms with E-state index in [1.54, 1.807) is 6.07 Å². The number of carbonyl (C=O) groups is 1. The summed E-state index contributed by atoms with van der Waals surface area (Å²) in [5, 5.41) is 10.8. The molecule has 2 heterocycles. The summed E-state index contributed by atoms with van der Waals surface area (Å²) in [4.78, 5) is 20.0. The molecule has 1 atom stereocenters. The zero-order valence-corrected chi connectivity index (χ0v) is 18.8. The minimum atomic E-state index is -0.870. The first-order valence-electron chi connectivity index (χ1n) is 11.3. The van der Waals surface area contributed by atoms with Gasteiger partial charge in [-0.2, -0.15) is 0 Å². The van der Waals surface area contributed by atoms with Gasteiger partial charge in [0.25, 0.3) is 0 Å². The van der Waals surface area contributed by atoms with Gasteiger partial charge in [-0.3, -0.25) is 0 Å². The number of hydrogen-bond donors (Lipinski definition) is 2. The Morgan fingerprint density at radius 1 is 1.06 bits per heavy atom. The average molecular weight is 420 g/mol. The van der Waals surface area contributed by atoms with E-state index in [4.69, 9.17) is 0 Å². The maximum atomic E-state index is 11.6. The minimum absolute atomic E-state index is 0.186. The molecular formula is C26H33N3O2. The molecule has 1 unspecified atom stereocenters. The van der Waals surface area contributed by atoms with Crippen molar-refractivity contribution >= 4 is 16.9 Å². The number of piperazine rings is 1. The molecule has 0 saturated carbocycles. The van der Waals surface area contributed by atoms with Gasteiger partial charge in [0, 0.05) is 48.7 Å². The van der Waals surface area contributed by atoms with Gasteiger partial charge in [-0.25, -0.2) is 4.79 Å². The van der Waals surface area contributed by atoms with E-state index in [1.807, 2.05) is 12.1 Å². The standard InChI is InChI=1S/C26H33N3O2/c1-18-19(2)27-25-10-9-21(17-24(18)25)23(20-6-4-7-22(16-20)26(30)31)8-5-11-29-14-12-28(3)13-15-29/h4,6-7,9-10,16-17,23,27H,5,8,11-15H2,1-3H3,(H,30,31). The van der Waals surface area contributed by atoms with Crippen LogP contribution in [0.1, 0.15) is 51.5 Å². The summed E-state index contributed by atoms with van der Waals surface area (Å²) in [7, 11) is 2.18. The highest BCUT2D eigenvalue weighted by Crippen LogP contribution is 2.33. The summed E-state index contributed by atoms with van der Waals surface area (Å²) in [6.07, 6.45) is 2.10. The second-order valence-corrected chi connectivity index (χ2v) is 8.95. The van der Waals surface area contributed by atoms with Crippen molar-refractivity contribution in [1.29, 1.82) is 0 Å². The number of nitrogens with zero attached hydrogens (tertiary/aromatic N) is 2. The van der Waals surface area contributed by atoms with E-state index in [1.165, 1.54) is 22.2 Å². The number of likely N-dealkylation sites (N-methyl/N-ethyl adjacent to an activating group) is 1. The number of benzene rings is 2. The van der Waals surface area contributed by atoms with Gasteiger partial charge in [0.05, 0.1) is 5.56 Å². The van der Waals surface area contributed by atoms with Crippen molar-refractivity contribution in [1.82, 2.24) is 14.8 Å². The fourth-order valence-electron chi connectivity index (χ4n) is 4.70.